The first-order chi connectivity index (χ1) is 6.57. The van der Waals surface area contributed by atoms with E-state index in [4.69, 9.17) is 10.8 Å². The number of hydrogen-bond donors (Lipinski definition) is 3. The fourth-order valence-electron chi connectivity index (χ4n) is 1.37. The third-order valence-corrected chi connectivity index (χ3v) is 2.40. The highest BCUT2D eigenvalue weighted by Gasteiger charge is 2.15. The Labute approximate surface area is 84.2 Å². The van der Waals surface area contributed by atoms with Gasteiger partial charge >= 0.3 is 0 Å². The van der Waals surface area contributed by atoms with Crippen LogP contribution in [0.15, 0.2) is 18.2 Å². The second-order valence-electron chi connectivity index (χ2n) is 3.78. The van der Waals surface area contributed by atoms with Crippen LogP contribution in [0, 0.1) is 5.92 Å². The van der Waals surface area contributed by atoms with Gasteiger partial charge in [0.25, 0.3) is 0 Å². The molecule has 4 N–H and O–H groups in total. The molecule has 0 heterocycles. The minimum Gasteiger partial charge on any atom is -0.507 e. The third-order valence-electron chi connectivity index (χ3n) is 2.40. The Hall–Kier alpha value is -1.06. The standard InChI is InChI=1S/C11H17NO2/c1-7(2)10(12)9-5-3-4-8(6-13)11(9)14/h3-5,7,10,13-14H,6,12H2,1-2H3/t10-/m0/s1. The maximum atomic E-state index is 9.77. The van der Waals surface area contributed by atoms with E-state index in [9.17, 15) is 5.11 Å². The van der Waals surface area contributed by atoms with Gasteiger partial charge < -0.3 is 15.9 Å². The van der Waals surface area contributed by atoms with E-state index in [1.54, 1.807) is 18.2 Å². The SMILES string of the molecule is CC(C)[C@H](N)c1cccc(CO)c1O. The second kappa shape index (κ2) is 4.44. The molecule has 0 aromatic heterocycles. The van der Waals surface area contributed by atoms with Crippen molar-refractivity contribution in [1.29, 1.82) is 0 Å². The summed E-state index contributed by atoms with van der Waals surface area (Å²) in [6.45, 7) is 3.83. The van der Waals surface area contributed by atoms with Crippen molar-refractivity contribution in [3.05, 3.63) is 29.3 Å². The van der Waals surface area contributed by atoms with E-state index in [2.05, 4.69) is 0 Å². The van der Waals surface area contributed by atoms with Gasteiger partial charge in [0, 0.05) is 17.2 Å². The molecule has 0 saturated carbocycles. The maximum Gasteiger partial charge on any atom is 0.125 e. The normalized spacial score (nSPS) is 13.2. The van der Waals surface area contributed by atoms with Crippen LogP contribution in [0.1, 0.15) is 31.0 Å². The van der Waals surface area contributed by atoms with Crippen LogP contribution in [0.3, 0.4) is 0 Å². The number of aliphatic hydroxyl groups is 1. The number of aromatic hydroxyl groups is 1. The maximum absolute atomic E-state index is 9.77. The van der Waals surface area contributed by atoms with Gasteiger partial charge in [-0.2, -0.15) is 0 Å². The van der Waals surface area contributed by atoms with Crippen LogP contribution in [0.4, 0.5) is 0 Å². The van der Waals surface area contributed by atoms with Crippen molar-refractivity contribution < 1.29 is 10.2 Å². The number of benzene rings is 1. The number of aliphatic hydroxyl groups excluding tert-OH is 1. The fourth-order valence-corrected chi connectivity index (χ4v) is 1.37. The number of hydrogen-bond acceptors (Lipinski definition) is 3. The zero-order chi connectivity index (χ0) is 10.7. The summed E-state index contributed by atoms with van der Waals surface area (Å²) in [6.07, 6.45) is 0. The van der Waals surface area contributed by atoms with Gasteiger partial charge in [0.15, 0.2) is 0 Å². The van der Waals surface area contributed by atoms with Crippen molar-refractivity contribution in [3.63, 3.8) is 0 Å². The summed E-state index contributed by atoms with van der Waals surface area (Å²) >= 11 is 0. The van der Waals surface area contributed by atoms with Crippen molar-refractivity contribution in [2.75, 3.05) is 0 Å². The average Bonchev–Trinajstić information content (AvgIpc) is 2.17. The van der Waals surface area contributed by atoms with E-state index in [1.807, 2.05) is 13.8 Å². The van der Waals surface area contributed by atoms with Crippen LogP contribution in [-0.2, 0) is 6.61 Å². The molecule has 1 rings (SSSR count). The summed E-state index contributed by atoms with van der Waals surface area (Å²) in [7, 11) is 0. The molecule has 0 spiro atoms. The van der Waals surface area contributed by atoms with Gasteiger partial charge in [-0.1, -0.05) is 32.0 Å². The lowest BCUT2D eigenvalue weighted by Gasteiger charge is -2.18. The Kier molecular flexibility index (Phi) is 3.49. The molecule has 0 radical (unpaired) electrons. The smallest absolute Gasteiger partial charge is 0.125 e. The summed E-state index contributed by atoms with van der Waals surface area (Å²) < 4.78 is 0. The highest BCUT2D eigenvalue weighted by Crippen LogP contribution is 2.30. The number of rotatable bonds is 3. The van der Waals surface area contributed by atoms with Crippen LogP contribution >= 0.6 is 0 Å². The van der Waals surface area contributed by atoms with Gasteiger partial charge in [0.2, 0.25) is 0 Å². The minimum absolute atomic E-state index is 0.121. The van der Waals surface area contributed by atoms with Gasteiger partial charge in [0.1, 0.15) is 5.75 Å². The molecule has 0 aliphatic heterocycles. The van der Waals surface area contributed by atoms with E-state index in [0.29, 0.717) is 11.1 Å². The molecule has 0 saturated heterocycles. The lowest BCUT2D eigenvalue weighted by atomic mass is 9.94. The Balaban J connectivity index is 3.09. The first kappa shape index (κ1) is 11.0. The summed E-state index contributed by atoms with van der Waals surface area (Å²) in [6, 6.07) is 5.08. The highest BCUT2D eigenvalue weighted by atomic mass is 16.3. The molecule has 0 aliphatic rings. The van der Waals surface area contributed by atoms with Crippen LogP contribution in [0.25, 0.3) is 0 Å². The molecule has 0 unspecified atom stereocenters. The molecule has 78 valence electrons. The van der Waals surface area contributed by atoms with E-state index in [-0.39, 0.29) is 24.3 Å². The molecule has 14 heavy (non-hydrogen) atoms. The summed E-state index contributed by atoms with van der Waals surface area (Å²) in [5.74, 6) is 0.381. The van der Waals surface area contributed by atoms with Gasteiger partial charge in [-0.15, -0.1) is 0 Å². The lowest BCUT2D eigenvalue weighted by molar-refractivity contribution is 0.274. The third kappa shape index (κ3) is 2.05. The fraction of sp³-hybridized carbons (Fsp3) is 0.455. The lowest BCUT2D eigenvalue weighted by Crippen LogP contribution is -2.17. The van der Waals surface area contributed by atoms with Crippen molar-refractivity contribution in [2.45, 2.75) is 26.5 Å². The van der Waals surface area contributed by atoms with Gasteiger partial charge in [0.05, 0.1) is 6.61 Å². The molecular weight excluding hydrogens is 178 g/mol. The Morgan fingerprint density at radius 1 is 1.36 bits per heavy atom. The predicted octanol–water partition coefficient (Wildman–Crippen LogP) is 1.54. The van der Waals surface area contributed by atoms with Crippen molar-refractivity contribution in [2.24, 2.45) is 11.7 Å². The molecule has 1 aromatic carbocycles. The van der Waals surface area contributed by atoms with Crippen LogP contribution < -0.4 is 5.73 Å². The number of phenols is 1. The Bertz CT molecular complexity index is 310. The molecule has 3 heteroatoms. The quantitative estimate of drug-likeness (QED) is 0.685. The zero-order valence-electron chi connectivity index (χ0n) is 8.57. The van der Waals surface area contributed by atoms with Crippen LogP contribution in [-0.4, -0.2) is 10.2 Å². The van der Waals surface area contributed by atoms with Crippen molar-refractivity contribution in [1.82, 2.24) is 0 Å². The Morgan fingerprint density at radius 3 is 2.50 bits per heavy atom. The van der Waals surface area contributed by atoms with Crippen molar-refractivity contribution in [3.8, 4) is 5.75 Å². The molecule has 0 amide bonds. The number of nitrogens with two attached hydrogens (primary N) is 1. The Morgan fingerprint density at radius 2 is 2.00 bits per heavy atom. The monoisotopic (exact) mass is 195 g/mol. The molecule has 0 aliphatic carbocycles. The second-order valence-corrected chi connectivity index (χ2v) is 3.78. The first-order valence-electron chi connectivity index (χ1n) is 4.75. The van der Waals surface area contributed by atoms with Crippen LogP contribution in [0.2, 0.25) is 0 Å². The first-order valence-corrected chi connectivity index (χ1v) is 4.75. The minimum atomic E-state index is -0.193. The summed E-state index contributed by atoms with van der Waals surface area (Å²) in [5, 5.41) is 18.7. The van der Waals surface area contributed by atoms with Gasteiger partial charge in [-0.3, -0.25) is 0 Å². The molecular formula is C11H17NO2. The predicted molar refractivity (Wildman–Crippen MR) is 55.8 cm³/mol. The molecule has 1 atom stereocenters. The van der Waals surface area contributed by atoms with E-state index < -0.39 is 0 Å². The molecule has 0 fully saturated rings. The van der Waals surface area contributed by atoms with Crippen LogP contribution in [0.5, 0.6) is 5.75 Å². The topological polar surface area (TPSA) is 66.5 Å². The van der Waals surface area contributed by atoms with Gasteiger partial charge in [-0.25, -0.2) is 0 Å². The molecule has 3 nitrogen and oxygen atoms in total. The number of para-hydroxylation sites is 1. The van der Waals surface area contributed by atoms with Gasteiger partial charge in [-0.05, 0) is 5.92 Å². The highest BCUT2D eigenvalue weighted by molar-refractivity contribution is 5.41. The van der Waals surface area contributed by atoms with E-state index in [0.717, 1.165) is 0 Å². The molecule has 1 aromatic rings. The molecule has 0 bridgehead atoms. The van der Waals surface area contributed by atoms with E-state index >= 15 is 0 Å². The average molecular weight is 195 g/mol. The van der Waals surface area contributed by atoms with Crippen molar-refractivity contribution >= 4 is 0 Å². The largest absolute Gasteiger partial charge is 0.507 e. The van der Waals surface area contributed by atoms with E-state index in [1.165, 1.54) is 0 Å². The summed E-state index contributed by atoms with van der Waals surface area (Å²) in [5.41, 5.74) is 7.15. The zero-order valence-corrected chi connectivity index (χ0v) is 8.57. The summed E-state index contributed by atoms with van der Waals surface area (Å²) in [4.78, 5) is 0.